The van der Waals surface area contributed by atoms with Crippen LogP contribution in [0.25, 0.3) is 11.5 Å². The fourth-order valence-electron chi connectivity index (χ4n) is 1.69. The molecule has 0 amide bonds. The third-order valence-electron chi connectivity index (χ3n) is 2.57. The third kappa shape index (κ3) is 2.46. The van der Waals surface area contributed by atoms with Crippen LogP contribution >= 0.6 is 11.6 Å². The molecule has 0 saturated heterocycles. The van der Waals surface area contributed by atoms with E-state index in [1.165, 1.54) is 18.2 Å². The fraction of sp³-hybridized carbons (Fsp3) is 0.231. The van der Waals surface area contributed by atoms with Gasteiger partial charge in [-0.3, -0.25) is 0 Å². The summed E-state index contributed by atoms with van der Waals surface area (Å²) in [6.45, 7) is 3.55. The SMILES string of the molecule is CC(C)c1nc(-c2c(F)cccc2Cl)oc1C(=O)O. The summed E-state index contributed by atoms with van der Waals surface area (Å²) < 4.78 is 18.9. The van der Waals surface area contributed by atoms with Gasteiger partial charge in [0.15, 0.2) is 0 Å². The van der Waals surface area contributed by atoms with Gasteiger partial charge in [0.2, 0.25) is 11.7 Å². The van der Waals surface area contributed by atoms with Crippen LogP contribution < -0.4 is 0 Å². The molecule has 4 nitrogen and oxygen atoms in total. The highest BCUT2D eigenvalue weighted by Crippen LogP contribution is 2.32. The quantitative estimate of drug-likeness (QED) is 0.926. The molecule has 19 heavy (non-hydrogen) atoms. The number of hydrogen-bond acceptors (Lipinski definition) is 3. The molecule has 1 heterocycles. The summed E-state index contributed by atoms with van der Waals surface area (Å²) in [6.07, 6.45) is 0. The summed E-state index contributed by atoms with van der Waals surface area (Å²) in [5, 5.41) is 9.17. The van der Waals surface area contributed by atoms with Crippen LogP contribution in [0.2, 0.25) is 5.02 Å². The van der Waals surface area contributed by atoms with Crippen LogP contribution in [0.1, 0.15) is 36.0 Å². The Labute approximate surface area is 113 Å². The zero-order valence-electron chi connectivity index (χ0n) is 10.3. The Kier molecular flexibility index (Phi) is 3.57. The second-order valence-corrected chi connectivity index (χ2v) is 4.70. The smallest absolute Gasteiger partial charge is 0.373 e. The van der Waals surface area contributed by atoms with E-state index >= 15 is 0 Å². The summed E-state index contributed by atoms with van der Waals surface area (Å²) >= 11 is 5.90. The largest absolute Gasteiger partial charge is 0.475 e. The van der Waals surface area contributed by atoms with Crippen molar-refractivity contribution in [3.05, 3.63) is 40.5 Å². The molecule has 1 aromatic heterocycles. The molecular formula is C13H11ClFNO3. The van der Waals surface area contributed by atoms with Crippen LogP contribution in [0.4, 0.5) is 4.39 Å². The van der Waals surface area contributed by atoms with E-state index in [1.807, 2.05) is 0 Å². The average molecular weight is 284 g/mol. The van der Waals surface area contributed by atoms with Gasteiger partial charge in [-0.25, -0.2) is 14.2 Å². The second-order valence-electron chi connectivity index (χ2n) is 4.29. The number of halogens is 2. The normalized spacial score (nSPS) is 11.0. The van der Waals surface area contributed by atoms with Crippen LogP contribution in [0.3, 0.4) is 0 Å². The maximum absolute atomic E-state index is 13.7. The highest BCUT2D eigenvalue weighted by atomic mass is 35.5. The number of aromatic carboxylic acids is 1. The van der Waals surface area contributed by atoms with Crippen LogP contribution in [0.5, 0.6) is 0 Å². The molecule has 2 aromatic rings. The summed E-state index contributed by atoms with van der Waals surface area (Å²) in [4.78, 5) is 15.1. The van der Waals surface area contributed by atoms with Gasteiger partial charge in [0, 0.05) is 0 Å². The lowest BCUT2D eigenvalue weighted by atomic mass is 10.1. The van der Waals surface area contributed by atoms with Crippen molar-refractivity contribution in [1.82, 2.24) is 4.98 Å². The van der Waals surface area contributed by atoms with Crippen molar-refractivity contribution in [2.45, 2.75) is 19.8 Å². The minimum atomic E-state index is -1.24. The number of aromatic nitrogens is 1. The first-order valence-electron chi connectivity index (χ1n) is 5.60. The lowest BCUT2D eigenvalue weighted by molar-refractivity contribution is 0.0661. The van der Waals surface area contributed by atoms with Crippen molar-refractivity contribution < 1.29 is 18.7 Å². The Morgan fingerprint density at radius 3 is 2.63 bits per heavy atom. The van der Waals surface area contributed by atoms with E-state index in [9.17, 15) is 9.18 Å². The van der Waals surface area contributed by atoms with Crippen molar-refractivity contribution in [2.75, 3.05) is 0 Å². The Hall–Kier alpha value is -1.88. The van der Waals surface area contributed by atoms with Gasteiger partial charge in [0.25, 0.3) is 0 Å². The molecule has 2 rings (SSSR count). The van der Waals surface area contributed by atoms with Crippen LogP contribution in [-0.4, -0.2) is 16.1 Å². The standard InChI is InChI=1S/C13H11ClFNO3/c1-6(2)10-11(13(17)18)19-12(16-10)9-7(14)4-3-5-8(9)15/h3-6H,1-2H3,(H,17,18). The zero-order chi connectivity index (χ0) is 14.2. The predicted octanol–water partition coefficient (Wildman–Crippen LogP) is 3.96. The Morgan fingerprint density at radius 1 is 1.47 bits per heavy atom. The van der Waals surface area contributed by atoms with E-state index in [1.54, 1.807) is 13.8 Å². The van der Waals surface area contributed by atoms with E-state index in [0.717, 1.165) is 0 Å². The number of hydrogen-bond donors (Lipinski definition) is 1. The molecule has 0 aliphatic rings. The minimum Gasteiger partial charge on any atom is -0.475 e. The van der Waals surface area contributed by atoms with Crippen LogP contribution in [0.15, 0.2) is 22.6 Å². The number of rotatable bonds is 3. The van der Waals surface area contributed by atoms with E-state index in [0.29, 0.717) is 0 Å². The average Bonchev–Trinajstić information content (AvgIpc) is 2.73. The molecule has 0 aliphatic carbocycles. The minimum absolute atomic E-state index is 0.0291. The van der Waals surface area contributed by atoms with Crippen molar-refractivity contribution in [1.29, 1.82) is 0 Å². The topological polar surface area (TPSA) is 63.3 Å². The first-order valence-corrected chi connectivity index (χ1v) is 5.98. The maximum atomic E-state index is 13.7. The maximum Gasteiger partial charge on any atom is 0.373 e. The van der Waals surface area contributed by atoms with Crippen LogP contribution in [0, 0.1) is 5.82 Å². The van der Waals surface area contributed by atoms with Crippen molar-refractivity contribution in [3.8, 4) is 11.5 Å². The van der Waals surface area contributed by atoms with Crippen molar-refractivity contribution in [2.24, 2.45) is 0 Å². The van der Waals surface area contributed by atoms with Gasteiger partial charge in [0.05, 0.1) is 16.3 Å². The molecule has 0 radical (unpaired) electrons. The zero-order valence-corrected chi connectivity index (χ0v) is 11.0. The Bertz CT molecular complexity index is 617. The third-order valence-corrected chi connectivity index (χ3v) is 2.89. The summed E-state index contributed by atoms with van der Waals surface area (Å²) in [6, 6.07) is 4.14. The first-order chi connectivity index (χ1) is 8.91. The molecule has 100 valence electrons. The monoisotopic (exact) mass is 283 g/mol. The molecular weight excluding hydrogens is 273 g/mol. The molecule has 1 aromatic carbocycles. The van der Waals surface area contributed by atoms with Gasteiger partial charge in [-0.1, -0.05) is 31.5 Å². The van der Waals surface area contributed by atoms with Gasteiger partial charge in [-0.05, 0) is 18.1 Å². The van der Waals surface area contributed by atoms with Crippen molar-refractivity contribution in [3.63, 3.8) is 0 Å². The molecule has 0 bridgehead atoms. The van der Waals surface area contributed by atoms with Gasteiger partial charge in [-0.2, -0.15) is 0 Å². The van der Waals surface area contributed by atoms with E-state index in [-0.39, 0.29) is 33.8 Å². The number of carboxylic acids is 1. The predicted molar refractivity (Wildman–Crippen MR) is 68.0 cm³/mol. The van der Waals surface area contributed by atoms with Crippen molar-refractivity contribution >= 4 is 17.6 Å². The lowest BCUT2D eigenvalue weighted by Gasteiger charge is -2.00. The van der Waals surface area contributed by atoms with Crippen LogP contribution in [-0.2, 0) is 0 Å². The summed E-state index contributed by atoms with van der Waals surface area (Å²) in [7, 11) is 0. The summed E-state index contributed by atoms with van der Waals surface area (Å²) in [5.41, 5.74) is 0.236. The highest BCUT2D eigenvalue weighted by Gasteiger charge is 2.24. The highest BCUT2D eigenvalue weighted by molar-refractivity contribution is 6.33. The Morgan fingerprint density at radius 2 is 2.16 bits per heavy atom. The molecule has 0 saturated carbocycles. The van der Waals surface area contributed by atoms with E-state index in [2.05, 4.69) is 4.98 Å². The molecule has 0 aliphatic heterocycles. The van der Waals surface area contributed by atoms with Gasteiger partial charge >= 0.3 is 5.97 Å². The number of carboxylic acid groups (broad SMARTS) is 1. The van der Waals surface area contributed by atoms with E-state index < -0.39 is 11.8 Å². The number of oxazole rings is 1. The second kappa shape index (κ2) is 5.01. The summed E-state index contributed by atoms with van der Waals surface area (Å²) in [5.74, 6) is -2.42. The molecule has 0 unspecified atom stereocenters. The van der Waals surface area contributed by atoms with Gasteiger partial charge < -0.3 is 9.52 Å². The lowest BCUT2D eigenvalue weighted by Crippen LogP contribution is -2.01. The van der Waals surface area contributed by atoms with Gasteiger partial charge in [0.1, 0.15) is 5.82 Å². The Balaban J connectivity index is 2.64. The number of carbonyl (C=O) groups is 1. The fourth-order valence-corrected chi connectivity index (χ4v) is 1.93. The number of nitrogens with zero attached hydrogens (tertiary/aromatic N) is 1. The molecule has 0 spiro atoms. The first kappa shape index (κ1) is 13.5. The van der Waals surface area contributed by atoms with E-state index in [4.69, 9.17) is 21.1 Å². The molecule has 0 fully saturated rings. The van der Waals surface area contributed by atoms with Gasteiger partial charge in [-0.15, -0.1) is 0 Å². The molecule has 6 heteroatoms. The molecule has 1 N–H and O–H groups in total. The number of benzene rings is 1. The molecule has 0 atom stereocenters.